The Labute approximate surface area is 138 Å². The minimum absolute atomic E-state index is 0.00816. The monoisotopic (exact) mass is 358 g/mol. The Hall–Kier alpha value is -0.0500. The predicted molar refractivity (Wildman–Crippen MR) is 85.0 cm³/mol. The van der Waals surface area contributed by atoms with Crippen molar-refractivity contribution in [3.05, 3.63) is 0 Å². The fourth-order valence-corrected chi connectivity index (χ4v) is 2.50. The molecule has 0 fully saturated rings. The third-order valence-electron chi connectivity index (χ3n) is 3.02. The number of ether oxygens (including phenoxy) is 1. The van der Waals surface area contributed by atoms with Gasteiger partial charge in [-0.25, -0.2) is 4.57 Å². The van der Waals surface area contributed by atoms with Crippen LogP contribution in [0, 0.1) is 0 Å². The Morgan fingerprint density at radius 3 is 2.09 bits per heavy atom. The van der Waals surface area contributed by atoms with Crippen LogP contribution in [0.4, 0.5) is 0 Å². The maximum Gasteiger partial charge on any atom is 0.472 e. The van der Waals surface area contributed by atoms with Crippen LogP contribution in [-0.2, 0) is 18.3 Å². The van der Waals surface area contributed by atoms with Gasteiger partial charge in [0.25, 0.3) is 0 Å². The van der Waals surface area contributed by atoms with E-state index in [9.17, 15) is 14.6 Å². The van der Waals surface area contributed by atoms with E-state index >= 15 is 0 Å². The number of rotatable bonds is 16. The van der Waals surface area contributed by atoms with Gasteiger partial charge in [0, 0.05) is 6.61 Å². The fourth-order valence-electron chi connectivity index (χ4n) is 1.70. The first-order valence-electron chi connectivity index (χ1n) is 8.08. The van der Waals surface area contributed by atoms with Crippen LogP contribution in [0.25, 0.3) is 0 Å². The minimum Gasteiger partial charge on any atom is -0.394 e. The molecule has 3 atom stereocenters. The lowest BCUT2D eigenvalue weighted by Crippen LogP contribution is -2.23. The molecule has 0 aliphatic heterocycles. The number of phosphoric ester groups is 1. The van der Waals surface area contributed by atoms with E-state index < -0.39 is 39.9 Å². The lowest BCUT2D eigenvalue weighted by atomic mass is 10.1. The van der Waals surface area contributed by atoms with E-state index in [1.165, 1.54) is 25.7 Å². The highest BCUT2D eigenvalue weighted by molar-refractivity contribution is 7.47. The lowest BCUT2D eigenvalue weighted by Gasteiger charge is -2.16. The van der Waals surface area contributed by atoms with Gasteiger partial charge < -0.3 is 24.9 Å². The molecule has 9 heteroatoms. The molecule has 8 nitrogen and oxygen atoms in total. The summed E-state index contributed by atoms with van der Waals surface area (Å²) in [6, 6.07) is 0. The Balaban J connectivity index is 3.58. The molecule has 23 heavy (non-hydrogen) atoms. The van der Waals surface area contributed by atoms with Gasteiger partial charge in [0.15, 0.2) is 0 Å². The molecule has 0 aromatic heterocycles. The topological polar surface area (TPSA) is 126 Å². The first-order chi connectivity index (χ1) is 10.9. The highest BCUT2D eigenvalue weighted by atomic mass is 31.2. The third kappa shape index (κ3) is 15.2. The molecule has 0 heterocycles. The van der Waals surface area contributed by atoms with Gasteiger partial charge in [0.1, 0.15) is 12.2 Å². The van der Waals surface area contributed by atoms with Crippen LogP contribution in [0.1, 0.15) is 45.4 Å². The average Bonchev–Trinajstić information content (AvgIpc) is 2.53. The molecule has 0 radical (unpaired) electrons. The molecule has 0 rings (SSSR count). The molecular weight excluding hydrogens is 327 g/mol. The molecule has 0 saturated heterocycles. The molecule has 0 aromatic rings. The zero-order valence-corrected chi connectivity index (χ0v) is 14.7. The van der Waals surface area contributed by atoms with Crippen molar-refractivity contribution in [2.45, 2.75) is 57.7 Å². The van der Waals surface area contributed by atoms with Crippen LogP contribution in [0.2, 0.25) is 0 Å². The molecule has 0 bridgehead atoms. The summed E-state index contributed by atoms with van der Waals surface area (Å²) in [4.78, 5) is 9.29. The second-order valence-electron chi connectivity index (χ2n) is 5.39. The van der Waals surface area contributed by atoms with Crippen molar-refractivity contribution in [1.82, 2.24) is 0 Å². The van der Waals surface area contributed by atoms with Gasteiger partial charge in [-0.3, -0.25) is 9.05 Å². The second-order valence-corrected chi connectivity index (χ2v) is 6.85. The molecule has 4 N–H and O–H groups in total. The summed E-state index contributed by atoms with van der Waals surface area (Å²) in [7, 11) is -4.36. The molecule has 0 spiro atoms. The number of unbranched alkanes of at least 4 members (excludes halogenated alkanes) is 5. The first kappa shape index (κ1) is 22.9. The van der Waals surface area contributed by atoms with Crippen molar-refractivity contribution < 1.29 is 38.6 Å². The summed E-state index contributed by atoms with van der Waals surface area (Å²) in [5.41, 5.74) is 0. The Morgan fingerprint density at radius 1 is 0.913 bits per heavy atom. The van der Waals surface area contributed by atoms with E-state index in [0.29, 0.717) is 6.61 Å². The number of phosphoric acid groups is 1. The highest BCUT2D eigenvalue weighted by Gasteiger charge is 2.24. The van der Waals surface area contributed by atoms with E-state index in [4.69, 9.17) is 14.9 Å². The van der Waals surface area contributed by atoms with Crippen molar-refractivity contribution >= 4 is 7.82 Å². The quantitative estimate of drug-likeness (QED) is 0.240. The molecule has 0 aliphatic carbocycles. The average molecular weight is 358 g/mol. The van der Waals surface area contributed by atoms with E-state index in [-0.39, 0.29) is 6.61 Å². The minimum atomic E-state index is -4.36. The number of hydrogen-bond acceptors (Lipinski definition) is 7. The number of hydrogen-bond donors (Lipinski definition) is 4. The van der Waals surface area contributed by atoms with Crippen LogP contribution < -0.4 is 0 Å². The van der Waals surface area contributed by atoms with Gasteiger partial charge in [-0.15, -0.1) is 0 Å². The smallest absolute Gasteiger partial charge is 0.394 e. The summed E-state index contributed by atoms with van der Waals surface area (Å²) in [5, 5.41) is 27.1. The summed E-state index contributed by atoms with van der Waals surface area (Å²) >= 11 is 0. The summed E-state index contributed by atoms with van der Waals surface area (Å²) < 4.78 is 25.7. The Morgan fingerprint density at radius 2 is 1.48 bits per heavy atom. The molecule has 3 unspecified atom stereocenters. The standard InChI is InChI=1S/C14H31O8P/c1-2-3-4-5-6-7-8-20-10-14(17)12-22-23(18,19)21-11-13(16)9-15/h13-17H,2-12H2,1H3,(H,18,19). The van der Waals surface area contributed by atoms with Crippen molar-refractivity contribution in [2.24, 2.45) is 0 Å². The zero-order chi connectivity index (χ0) is 17.6. The first-order valence-corrected chi connectivity index (χ1v) is 9.57. The third-order valence-corrected chi connectivity index (χ3v) is 3.97. The van der Waals surface area contributed by atoms with Crippen molar-refractivity contribution in [3.8, 4) is 0 Å². The lowest BCUT2D eigenvalue weighted by molar-refractivity contribution is -0.00437. The predicted octanol–water partition coefficient (Wildman–Crippen LogP) is 1.21. The van der Waals surface area contributed by atoms with Crippen LogP contribution in [0.15, 0.2) is 0 Å². The van der Waals surface area contributed by atoms with Gasteiger partial charge >= 0.3 is 7.82 Å². The molecule has 0 aromatic carbocycles. The van der Waals surface area contributed by atoms with Crippen LogP contribution in [-0.4, -0.2) is 65.5 Å². The summed E-state index contributed by atoms with van der Waals surface area (Å²) in [6.45, 7) is 1.16. The Kier molecular flexibility index (Phi) is 14.3. The molecule has 140 valence electrons. The van der Waals surface area contributed by atoms with Gasteiger partial charge in [0.05, 0.1) is 26.4 Å². The normalized spacial score (nSPS) is 16.9. The van der Waals surface area contributed by atoms with Gasteiger partial charge in [0.2, 0.25) is 0 Å². The highest BCUT2D eigenvalue weighted by Crippen LogP contribution is 2.43. The fraction of sp³-hybridized carbons (Fsp3) is 1.00. The Bertz CT molecular complexity index is 315. The summed E-state index contributed by atoms with van der Waals surface area (Å²) in [6.07, 6.45) is 4.55. The van der Waals surface area contributed by atoms with Gasteiger partial charge in [-0.2, -0.15) is 0 Å². The van der Waals surface area contributed by atoms with E-state index in [2.05, 4.69) is 16.0 Å². The maximum atomic E-state index is 11.4. The summed E-state index contributed by atoms with van der Waals surface area (Å²) in [5.74, 6) is 0. The van der Waals surface area contributed by atoms with Gasteiger partial charge in [-0.1, -0.05) is 39.0 Å². The van der Waals surface area contributed by atoms with Crippen molar-refractivity contribution in [3.63, 3.8) is 0 Å². The van der Waals surface area contributed by atoms with Crippen LogP contribution in [0.5, 0.6) is 0 Å². The van der Waals surface area contributed by atoms with Crippen molar-refractivity contribution in [1.29, 1.82) is 0 Å². The van der Waals surface area contributed by atoms with Crippen LogP contribution >= 0.6 is 7.82 Å². The largest absolute Gasteiger partial charge is 0.472 e. The van der Waals surface area contributed by atoms with E-state index in [1.54, 1.807) is 0 Å². The van der Waals surface area contributed by atoms with Gasteiger partial charge in [-0.05, 0) is 6.42 Å². The molecule has 0 aliphatic rings. The SMILES string of the molecule is CCCCCCCCOCC(O)COP(=O)(O)OCC(O)CO. The molecular formula is C14H31O8P. The second kappa shape index (κ2) is 14.3. The van der Waals surface area contributed by atoms with E-state index in [1.807, 2.05) is 0 Å². The number of aliphatic hydroxyl groups is 3. The maximum absolute atomic E-state index is 11.4. The van der Waals surface area contributed by atoms with E-state index in [0.717, 1.165) is 12.8 Å². The van der Waals surface area contributed by atoms with Crippen LogP contribution in [0.3, 0.4) is 0 Å². The molecule has 0 amide bonds. The number of aliphatic hydroxyl groups excluding tert-OH is 3. The molecule has 0 saturated carbocycles. The zero-order valence-electron chi connectivity index (χ0n) is 13.8. The van der Waals surface area contributed by atoms with Crippen molar-refractivity contribution in [2.75, 3.05) is 33.0 Å².